The number of hydrogen-bond donors (Lipinski definition) is 0. The molecule has 2 aliphatic rings. The van der Waals surface area contributed by atoms with Crippen LogP contribution in [0.25, 0.3) is 6.08 Å². The fourth-order valence-electron chi connectivity index (χ4n) is 4.27. The van der Waals surface area contributed by atoms with E-state index in [4.69, 9.17) is 18.9 Å². The Kier molecular flexibility index (Phi) is 5.94. The van der Waals surface area contributed by atoms with E-state index < -0.39 is 12.0 Å². The molecular formula is C26H24N2O6S. The minimum absolute atomic E-state index is 0.127. The Bertz CT molecular complexity index is 1550. The molecule has 1 atom stereocenters. The normalized spacial score (nSPS) is 16.7. The molecule has 0 spiro atoms. The summed E-state index contributed by atoms with van der Waals surface area (Å²) in [5, 5.41) is 0. The lowest BCUT2D eigenvalue weighted by atomic mass is 9.95. The van der Waals surface area contributed by atoms with Crippen molar-refractivity contribution in [3.63, 3.8) is 0 Å². The van der Waals surface area contributed by atoms with Gasteiger partial charge in [-0.2, -0.15) is 0 Å². The van der Waals surface area contributed by atoms with E-state index in [1.807, 2.05) is 37.3 Å². The number of carbonyl (C=O) groups excluding carboxylic acids is 1. The standard InChI is InChI=1S/C26H24N2O6S/c1-5-32-25(30)22-15(3)27-26-28(23(22)17-7-9-19-20(11-17)34-13-33-19)24(29)21(35-26)12-16-6-8-18(31-4)10-14(16)2/h6-12,23H,5,13H2,1-4H3/t23-/m1/s1. The zero-order chi connectivity index (χ0) is 24.7. The molecule has 35 heavy (non-hydrogen) atoms. The van der Waals surface area contributed by atoms with E-state index in [1.54, 1.807) is 37.7 Å². The lowest BCUT2D eigenvalue weighted by Crippen LogP contribution is -2.39. The maximum atomic E-state index is 13.7. The molecule has 3 heterocycles. The minimum Gasteiger partial charge on any atom is -0.497 e. The van der Waals surface area contributed by atoms with Crippen LogP contribution >= 0.6 is 11.3 Å². The van der Waals surface area contributed by atoms with E-state index in [-0.39, 0.29) is 19.0 Å². The molecule has 0 N–H and O–H groups in total. The number of esters is 1. The first-order valence-electron chi connectivity index (χ1n) is 11.1. The summed E-state index contributed by atoms with van der Waals surface area (Å²) in [5.74, 6) is 1.43. The van der Waals surface area contributed by atoms with E-state index in [2.05, 4.69) is 4.99 Å². The molecule has 1 aromatic heterocycles. The van der Waals surface area contributed by atoms with Gasteiger partial charge in [0.05, 0.1) is 35.6 Å². The predicted molar refractivity (Wildman–Crippen MR) is 131 cm³/mol. The van der Waals surface area contributed by atoms with Gasteiger partial charge in [0.15, 0.2) is 16.3 Å². The van der Waals surface area contributed by atoms with E-state index in [0.29, 0.717) is 37.7 Å². The summed E-state index contributed by atoms with van der Waals surface area (Å²) in [6.45, 7) is 5.81. The molecule has 0 aliphatic carbocycles. The molecule has 0 bridgehead atoms. The third-order valence-electron chi connectivity index (χ3n) is 5.99. The van der Waals surface area contributed by atoms with E-state index >= 15 is 0 Å². The molecule has 2 aromatic carbocycles. The van der Waals surface area contributed by atoms with Gasteiger partial charge in [-0.3, -0.25) is 9.36 Å². The third-order valence-corrected chi connectivity index (χ3v) is 6.98. The van der Waals surface area contributed by atoms with Crippen LogP contribution in [0.3, 0.4) is 0 Å². The van der Waals surface area contributed by atoms with Crippen molar-refractivity contribution in [2.45, 2.75) is 26.8 Å². The van der Waals surface area contributed by atoms with Gasteiger partial charge in [0.2, 0.25) is 6.79 Å². The average Bonchev–Trinajstić information content (AvgIpc) is 3.43. The van der Waals surface area contributed by atoms with Crippen LogP contribution in [0.2, 0.25) is 0 Å². The predicted octanol–water partition coefficient (Wildman–Crippen LogP) is 2.84. The molecule has 0 radical (unpaired) electrons. The maximum Gasteiger partial charge on any atom is 0.338 e. The van der Waals surface area contributed by atoms with Crippen LogP contribution in [0.15, 0.2) is 57.5 Å². The summed E-state index contributed by atoms with van der Waals surface area (Å²) in [5.41, 5.74) is 3.19. The van der Waals surface area contributed by atoms with Crippen LogP contribution in [0.1, 0.15) is 36.6 Å². The van der Waals surface area contributed by atoms with Crippen LogP contribution in [0, 0.1) is 6.92 Å². The number of allylic oxidation sites excluding steroid dienone is 1. The van der Waals surface area contributed by atoms with Crippen LogP contribution in [0.4, 0.5) is 0 Å². The van der Waals surface area contributed by atoms with Gasteiger partial charge in [-0.25, -0.2) is 9.79 Å². The average molecular weight is 493 g/mol. The van der Waals surface area contributed by atoms with Crippen molar-refractivity contribution in [1.29, 1.82) is 0 Å². The van der Waals surface area contributed by atoms with E-state index in [9.17, 15) is 9.59 Å². The summed E-state index contributed by atoms with van der Waals surface area (Å²) >= 11 is 1.28. The first kappa shape index (κ1) is 22.9. The molecule has 3 aromatic rings. The van der Waals surface area contributed by atoms with Crippen molar-refractivity contribution in [1.82, 2.24) is 4.57 Å². The second-order valence-electron chi connectivity index (χ2n) is 8.14. The Morgan fingerprint density at radius 3 is 2.74 bits per heavy atom. The maximum absolute atomic E-state index is 13.7. The number of carbonyl (C=O) groups is 1. The molecule has 5 rings (SSSR count). The highest BCUT2D eigenvalue weighted by atomic mass is 32.1. The molecule has 9 heteroatoms. The molecule has 180 valence electrons. The molecule has 0 unspecified atom stereocenters. The number of aryl methyl sites for hydroxylation is 1. The molecule has 8 nitrogen and oxygen atoms in total. The minimum atomic E-state index is -0.709. The highest BCUT2D eigenvalue weighted by Crippen LogP contribution is 2.38. The number of ether oxygens (including phenoxy) is 4. The molecule has 0 saturated heterocycles. The summed E-state index contributed by atoms with van der Waals surface area (Å²) < 4.78 is 23.7. The smallest absolute Gasteiger partial charge is 0.338 e. The lowest BCUT2D eigenvalue weighted by Gasteiger charge is -2.24. The van der Waals surface area contributed by atoms with E-state index in [1.165, 1.54) is 11.3 Å². The number of nitrogens with zero attached hydrogens (tertiary/aromatic N) is 2. The summed E-state index contributed by atoms with van der Waals surface area (Å²) in [4.78, 5) is 31.9. The van der Waals surface area contributed by atoms with Gasteiger partial charge in [-0.05, 0) is 67.8 Å². The Morgan fingerprint density at radius 2 is 2.00 bits per heavy atom. The monoisotopic (exact) mass is 492 g/mol. The quantitative estimate of drug-likeness (QED) is 0.509. The molecule has 0 amide bonds. The van der Waals surface area contributed by atoms with Gasteiger partial charge in [-0.15, -0.1) is 0 Å². The van der Waals surface area contributed by atoms with Gasteiger partial charge in [-0.1, -0.05) is 23.5 Å². The number of fused-ring (bicyclic) bond motifs is 2. The van der Waals surface area contributed by atoms with Crippen molar-refractivity contribution < 1.29 is 23.7 Å². The second-order valence-corrected chi connectivity index (χ2v) is 9.15. The van der Waals surface area contributed by atoms with Crippen LogP contribution < -0.4 is 29.1 Å². The summed E-state index contributed by atoms with van der Waals surface area (Å²) in [7, 11) is 1.62. The second kappa shape index (κ2) is 9.07. The SMILES string of the molecule is CCOC(=O)C1=C(C)N=c2sc(=Cc3ccc(OC)cc3C)c(=O)n2[C@@H]1c1ccc2c(c1)OCO2. The highest BCUT2D eigenvalue weighted by molar-refractivity contribution is 7.07. The van der Waals surface area contributed by atoms with Crippen molar-refractivity contribution in [2.24, 2.45) is 4.99 Å². The molecule has 0 fully saturated rings. The molecule has 2 aliphatic heterocycles. The van der Waals surface area contributed by atoms with E-state index in [0.717, 1.165) is 16.9 Å². The summed E-state index contributed by atoms with van der Waals surface area (Å²) in [6.07, 6.45) is 1.85. The van der Waals surface area contributed by atoms with Crippen molar-refractivity contribution in [3.8, 4) is 17.2 Å². The van der Waals surface area contributed by atoms with Gasteiger partial charge in [0, 0.05) is 0 Å². The number of thiazole rings is 1. The fraction of sp³-hybridized carbons (Fsp3) is 0.269. The lowest BCUT2D eigenvalue weighted by molar-refractivity contribution is -0.139. The van der Waals surface area contributed by atoms with Crippen molar-refractivity contribution in [2.75, 3.05) is 20.5 Å². The van der Waals surface area contributed by atoms with Crippen LogP contribution in [0.5, 0.6) is 17.2 Å². The first-order chi connectivity index (χ1) is 16.9. The van der Waals surface area contributed by atoms with Gasteiger partial charge in [0.1, 0.15) is 5.75 Å². The van der Waals surface area contributed by atoms with Crippen molar-refractivity contribution in [3.05, 3.63) is 84.0 Å². The zero-order valence-electron chi connectivity index (χ0n) is 19.8. The number of methoxy groups -OCH3 is 1. The Morgan fingerprint density at radius 1 is 1.20 bits per heavy atom. The molecular weight excluding hydrogens is 468 g/mol. The molecule has 0 saturated carbocycles. The van der Waals surface area contributed by atoms with Crippen LogP contribution in [-0.2, 0) is 9.53 Å². The summed E-state index contributed by atoms with van der Waals surface area (Å²) in [6, 6.07) is 10.4. The fourth-order valence-corrected chi connectivity index (χ4v) is 5.31. The number of benzene rings is 2. The van der Waals surface area contributed by atoms with Crippen molar-refractivity contribution >= 4 is 23.4 Å². The Labute approximate surface area is 205 Å². The largest absolute Gasteiger partial charge is 0.497 e. The number of aromatic nitrogens is 1. The van der Waals surface area contributed by atoms with Gasteiger partial charge >= 0.3 is 5.97 Å². The zero-order valence-corrected chi connectivity index (χ0v) is 20.6. The number of rotatable bonds is 5. The topological polar surface area (TPSA) is 88.4 Å². The number of hydrogen-bond acceptors (Lipinski definition) is 8. The Hall–Kier alpha value is -3.85. The highest BCUT2D eigenvalue weighted by Gasteiger charge is 2.34. The van der Waals surface area contributed by atoms with Gasteiger partial charge in [0.25, 0.3) is 5.56 Å². The van der Waals surface area contributed by atoms with Gasteiger partial charge < -0.3 is 18.9 Å². The van der Waals surface area contributed by atoms with Crippen LogP contribution in [-0.4, -0.2) is 31.0 Å². The Balaban J connectivity index is 1.71. The first-order valence-corrected chi connectivity index (χ1v) is 12.0. The third kappa shape index (κ3) is 4.01.